The van der Waals surface area contributed by atoms with Gasteiger partial charge in [-0.15, -0.1) is 0 Å². The van der Waals surface area contributed by atoms with Gasteiger partial charge < -0.3 is 9.84 Å². The van der Waals surface area contributed by atoms with E-state index in [-0.39, 0.29) is 17.2 Å². The molecule has 0 unspecified atom stereocenters. The van der Waals surface area contributed by atoms with Gasteiger partial charge in [0.2, 0.25) is 5.90 Å². The van der Waals surface area contributed by atoms with Gasteiger partial charge in [-0.2, -0.15) is 0 Å². The molecular weight excluding hydrogens is 353 g/mol. The van der Waals surface area contributed by atoms with Gasteiger partial charge in [-0.25, -0.2) is 14.6 Å². The quantitative estimate of drug-likeness (QED) is 0.661. The summed E-state index contributed by atoms with van der Waals surface area (Å²) in [6, 6.07) is 11.0. The SMILES string of the molecule is O=C1OC(c2ccc(Cl)c(Cl)c2)=NC1=Cc1ccccc1C(=O)O. The molecule has 3 rings (SSSR count). The van der Waals surface area contributed by atoms with E-state index in [2.05, 4.69) is 4.99 Å². The standard InChI is InChI=1S/C17H9Cl2NO4/c18-12-6-5-10(7-13(12)19)15-20-14(17(23)24-15)8-9-3-1-2-4-11(9)16(21)22/h1-8H,(H,21,22). The van der Waals surface area contributed by atoms with Gasteiger partial charge in [0.25, 0.3) is 0 Å². The summed E-state index contributed by atoms with van der Waals surface area (Å²) in [4.78, 5) is 27.3. The third-order valence-electron chi connectivity index (χ3n) is 3.27. The van der Waals surface area contributed by atoms with Crippen molar-refractivity contribution in [1.82, 2.24) is 0 Å². The Kier molecular flexibility index (Phi) is 4.38. The highest BCUT2D eigenvalue weighted by Crippen LogP contribution is 2.26. The molecule has 24 heavy (non-hydrogen) atoms. The highest BCUT2D eigenvalue weighted by Gasteiger charge is 2.25. The Bertz CT molecular complexity index is 919. The lowest BCUT2D eigenvalue weighted by molar-refractivity contribution is -0.129. The van der Waals surface area contributed by atoms with Crippen LogP contribution in [0.5, 0.6) is 0 Å². The molecule has 0 saturated heterocycles. The number of carboxylic acids is 1. The van der Waals surface area contributed by atoms with Crippen LogP contribution >= 0.6 is 23.2 Å². The molecule has 0 fully saturated rings. The lowest BCUT2D eigenvalue weighted by atomic mass is 10.1. The van der Waals surface area contributed by atoms with Crippen molar-refractivity contribution < 1.29 is 19.4 Å². The summed E-state index contributed by atoms with van der Waals surface area (Å²) >= 11 is 11.8. The van der Waals surface area contributed by atoms with Crippen molar-refractivity contribution in [3.05, 3.63) is 74.9 Å². The average Bonchev–Trinajstić information content (AvgIpc) is 2.91. The number of carboxylic acid groups (broad SMARTS) is 1. The molecule has 1 aliphatic heterocycles. The fraction of sp³-hybridized carbons (Fsp3) is 0. The molecule has 1 aliphatic rings. The summed E-state index contributed by atoms with van der Waals surface area (Å²) in [6.07, 6.45) is 1.37. The molecule has 0 spiro atoms. The van der Waals surface area contributed by atoms with Gasteiger partial charge in [0, 0.05) is 5.56 Å². The monoisotopic (exact) mass is 361 g/mol. The number of aromatic carboxylic acids is 1. The van der Waals surface area contributed by atoms with Crippen LogP contribution in [0, 0.1) is 0 Å². The Morgan fingerprint density at radius 2 is 1.88 bits per heavy atom. The maximum absolute atomic E-state index is 12.0. The van der Waals surface area contributed by atoms with Gasteiger partial charge in [-0.3, -0.25) is 0 Å². The van der Waals surface area contributed by atoms with Crippen molar-refractivity contribution in [2.24, 2.45) is 4.99 Å². The first-order valence-electron chi connectivity index (χ1n) is 6.76. The van der Waals surface area contributed by atoms with E-state index in [4.69, 9.17) is 27.9 Å². The topological polar surface area (TPSA) is 76.0 Å². The summed E-state index contributed by atoms with van der Waals surface area (Å²) in [7, 11) is 0. The summed E-state index contributed by atoms with van der Waals surface area (Å²) in [5.74, 6) is -1.68. The Labute approximate surface area is 146 Å². The lowest BCUT2D eigenvalue weighted by Crippen LogP contribution is -2.05. The number of carbonyl (C=O) groups is 2. The molecule has 0 amide bonds. The van der Waals surface area contributed by atoms with Crippen molar-refractivity contribution in [3.63, 3.8) is 0 Å². The van der Waals surface area contributed by atoms with E-state index in [9.17, 15) is 14.7 Å². The number of halogens is 2. The third-order valence-corrected chi connectivity index (χ3v) is 4.01. The van der Waals surface area contributed by atoms with E-state index < -0.39 is 11.9 Å². The molecular formula is C17H9Cl2NO4. The van der Waals surface area contributed by atoms with E-state index in [1.807, 2.05) is 0 Å². The zero-order valence-electron chi connectivity index (χ0n) is 12.0. The minimum Gasteiger partial charge on any atom is -0.478 e. The fourth-order valence-electron chi connectivity index (χ4n) is 2.13. The van der Waals surface area contributed by atoms with Crippen LogP contribution in [0.15, 0.2) is 53.2 Å². The van der Waals surface area contributed by atoms with E-state index in [0.717, 1.165) is 0 Å². The van der Waals surface area contributed by atoms with E-state index in [1.54, 1.807) is 30.3 Å². The highest BCUT2D eigenvalue weighted by molar-refractivity contribution is 6.42. The molecule has 5 nitrogen and oxygen atoms in total. The smallest absolute Gasteiger partial charge is 0.363 e. The summed E-state index contributed by atoms with van der Waals surface area (Å²) in [6.45, 7) is 0. The normalized spacial score (nSPS) is 15.3. The Morgan fingerprint density at radius 3 is 2.58 bits per heavy atom. The third kappa shape index (κ3) is 3.18. The minimum absolute atomic E-state index is 0.00442. The van der Waals surface area contributed by atoms with Gasteiger partial charge in [0.05, 0.1) is 15.6 Å². The number of esters is 1. The molecule has 0 bridgehead atoms. The van der Waals surface area contributed by atoms with Crippen molar-refractivity contribution in [2.45, 2.75) is 0 Å². The van der Waals surface area contributed by atoms with Gasteiger partial charge in [0.15, 0.2) is 5.70 Å². The molecule has 7 heteroatoms. The van der Waals surface area contributed by atoms with Crippen molar-refractivity contribution in [2.75, 3.05) is 0 Å². The molecule has 2 aromatic carbocycles. The molecule has 2 aromatic rings. The van der Waals surface area contributed by atoms with Crippen LogP contribution in [0.1, 0.15) is 21.5 Å². The number of cyclic esters (lactones) is 1. The van der Waals surface area contributed by atoms with Crippen LogP contribution in [-0.4, -0.2) is 22.9 Å². The second-order valence-electron chi connectivity index (χ2n) is 4.86. The van der Waals surface area contributed by atoms with Gasteiger partial charge in [-0.1, -0.05) is 41.4 Å². The molecule has 1 heterocycles. The zero-order valence-corrected chi connectivity index (χ0v) is 13.5. The molecule has 120 valence electrons. The number of hydrogen-bond acceptors (Lipinski definition) is 4. The first kappa shape index (κ1) is 16.2. The maximum atomic E-state index is 12.0. The maximum Gasteiger partial charge on any atom is 0.363 e. The molecule has 0 aromatic heterocycles. The second-order valence-corrected chi connectivity index (χ2v) is 5.67. The predicted octanol–water partition coefficient (Wildman–Crippen LogP) is 4.04. The van der Waals surface area contributed by atoms with Crippen LogP contribution in [0.3, 0.4) is 0 Å². The van der Waals surface area contributed by atoms with Crippen LogP contribution in [0.2, 0.25) is 10.0 Å². The first-order chi connectivity index (χ1) is 11.5. The number of rotatable bonds is 3. The number of nitrogens with zero attached hydrogens (tertiary/aromatic N) is 1. The van der Waals surface area contributed by atoms with Crippen molar-refractivity contribution in [1.29, 1.82) is 0 Å². The van der Waals surface area contributed by atoms with Crippen LogP contribution in [0.25, 0.3) is 6.08 Å². The van der Waals surface area contributed by atoms with Crippen molar-refractivity contribution >= 4 is 47.1 Å². The number of benzene rings is 2. The minimum atomic E-state index is -1.09. The Hall–Kier alpha value is -2.63. The Morgan fingerprint density at radius 1 is 1.12 bits per heavy atom. The molecule has 0 radical (unpaired) electrons. The van der Waals surface area contributed by atoms with Gasteiger partial charge in [-0.05, 0) is 35.9 Å². The second kappa shape index (κ2) is 6.47. The summed E-state index contributed by atoms with van der Waals surface area (Å²) < 4.78 is 5.12. The number of aliphatic imine (C=N–C) groups is 1. The number of hydrogen-bond donors (Lipinski definition) is 1. The summed E-state index contributed by atoms with van der Waals surface area (Å²) in [5.41, 5.74) is 0.921. The van der Waals surface area contributed by atoms with Crippen molar-refractivity contribution in [3.8, 4) is 0 Å². The van der Waals surface area contributed by atoms with E-state index in [0.29, 0.717) is 21.2 Å². The summed E-state index contributed by atoms with van der Waals surface area (Å²) in [5, 5.41) is 9.86. The van der Waals surface area contributed by atoms with E-state index >= 15 is 0 Å². The van der Waals surface area contributed by atoms with Gasteiger partial charge >= 0.3 is 11.9 Å². The fourth-order valence-corrected chi connectivity index (χ4v) is 2.42. The highest BCUT2D eigenvalue weighted by atomic mass is 35.5. The molecule has 1 N–H and O–H groups in total. The van der Waals surface area contributed by atoms with Crippen LogP contribution < -0.4 is 0 Å². The molecule has 0 saturated carbocycles. The molecule has 0 aliphatic carbocycles. The van der Waals surface area contributed by atoms with E-state index in [1.165, 1.54) is 18.2 Å². The largest absolute Gasteiger partial charge is 0.478 e. The average molecular weight is 362 g/mol. The number of carbonyl (C=O) groups excluding carboxylic acids is 1. The predicted molar refractivity (Wildman–Crippen MR) is 90.5 cm³/mol. The first-order valence-corrected chi connectivity index (χ1v) is 7.51. The lowest BCUT2D eigenvalue weighted by Gasteiger charge is -2.01. The van der Waals surface area contributed by atoms with Crippen LogP contribution in [-0.2, 0) is 9.53 Å². The number of ether oxygens (including phenoxy) is 1. The Balaban J connectivity index is 2.00. The zero-order chi connectivity index (χ0) is 17.3. The van der Waals surface area contributed by atoms with Gasteiger partial charge in [0.1, 0.15) is 0 Å². The van der Waals surface area contributed by atoms with Crippen LogP contribution in [0.4, 0.5) is 0 Å². The molecule has 0 atom stereocenters.